The van der Waals surface area contributed by atoms with E-state index in [0.29, 0.717) is 17.0 Å². The van der Waals surface area contributed by atoms with E-state index in [0.717, 1.165) is 38.5 Å². The molecule has 1 saturated heterocycles. The Morgan fingerprint density at radius 1 is 0.375 bits per heavy atom. The Balaban J connectivity index is 0.962. The lowest BCUT2D eigenvalue weighted by Gasteiger charge is -2.43. The van der Waals surface area contributed by atoms with Gasteiger partial charge < -0.3 is 0 Å². The van der Waals surface area contributed by atoms with Crippen molar-refractivity contribution in [2.24, 2.45) is 0 Å². The minimum absolute atomic E-state index is 0.379. The van der Waals surface area contributed by atoms with Gasteiger partial charge in [0.15, 0.2) is 0 Å². The van der Waals surface area contributed by atoms with Crippen LogP contribution in [0, 0.1) is 0 Å². The molecule has 7 heteroatoms. The van der Waals surface area contributed by atoms with Crippen LogP contribution in [0.2, 0.25) is 0 Å². The van der Waals surface area contributed by atoms with Gasteiger partial charge in [-0.15, -0.1) is 0 Å². The van der Waals surface area contributed by atoms with Crippen LogP contribution in [0.1, 0.15) is 78.3 Å². The van der Waals surface area contributed by atoms with Crippen molar-refractivity contribution in [2.75, 3.05) is 19.3 Å². The summed E-state index contributed by atoms with van der Waals surface area (Å²) in [4.78, 5) is 0. The molecular formula is C73H71N2P5. The SMILES string of the molecule is CCCCN(P(c1ccccc1)c1ccccc1)P1c2cccc(-c3ccc(P(c4ccccc4)N(CCCP(c4ccccc4)c4ccccc4)P4[C@@H](c5ccccc5)CC[C@@H]4c4ccccc4)cc3)c2C[C@@H]1c1ccccc1. The predicted molar refractivity (Wildman–Crippen MR) is 354 cm³/mol. The number of nitrogens with zero attached hydrogens (tertiary/aromatic N) is 2. The third kappa shape index (κ3) is 12.2. The van der Waals surface area contributed by atoms with Crippen molar-refractivity contribution < 1.29 is 0 Å². The van der Waals surface area contributed by atoms with E-state index in [-0.39, 0.29) is 0 Å². The summed E-state index contributed by atoms with van der Waals surface area (Å²) in [6.07, 6.45) is 8.02. The van der Waals surface area contributed by atoms with Gasteiger partial charge in [0.1, 0.15) is 0 Å². The van der Waals surface area contributed by atoms with Crippen LogP contribution in [0.15, 0.2) is 285 Å². The number of rotatable bonds is 21. The van der Waals surface area contributed by atoms with Gasteiger partial charge in [-0.05, 0) is 125 Å². The summed E-state index contributed by atoms with van der Waals surface area (Å²) in [6, 6.07) is 109. The summed E-state index contributed by atoms with van der Waals surface area (Å²) < 4.78 is 6.14. The molecule has 0 N–H and O–H groups in total. The van der Waals surface area contributed by atoms with Crippen LogP contribution in [0.5, 0.6) is 0 Å². The molecule has 398 valence electrons. The molecule has 12 rings (SSSR count). The molecule has 0 aliphatic carbocycles. The number of benzene rings is 10. The summed E-state index contributed by atoms with van der Waals surface area (Å²) in [5.74, 6) is 0. The highest BCUT2D eigenvalue weighted by atomic mass is 31.2. The number of unbranched alkanes of at least 4 members (excludes halogenated alkanes) is 1. The first kappa shape index (κ1) is 54.8. The van der Waals surface area contributed by atoms with E-state index in [1.165, 1.54) is 84.5 Å². The van der Waals surface area contributed by atoms with E-state index in [1.807, 2.05) is 0 Å². The first-order chi connectivity index (χ1) is 39.7. The van der Waals surface area contributed by atoms with Gasteiger partial charge in [-0.1, -0.05) is 298 Å². The quantitative estimate of drug-likeness (QED) is 0.0662. The average Bonchev–Trinajstić information content (AvgIpc) is 4.24. The highest BCUT2D eigenvalue weighted by Crippen LogP contribution is 2.76. The topological polar surface area (TPSA) is 6.48 Å². The van der Waals surface area contributed by atoms with Gasteiger partial charge in [-0.2, -0.15) is 0 Å². The second-order valence-corrected chi connectivity index (χ2v) is 33.0. The fraction of sp³-hybridized carbons (Fsp3) is 0.178. The first-order valence-corrected chi connectivity index (χ1v) is 35.8. The lowest BCUT2D eigenvalue weighted by molar-refractivity contribution is 0.637. The van der Waals surface area contributed by atoms with Crippen LogP contribution in [-0.4, -0.2) is 28.1 Å². The van der Waals surface area contributed by atoms with Gasteiger partial charge in [-0.25, -0.2) is 4.44 Å². The summed E-state index contributed by atoms with van der Waals surface area (Å²) in [5.41, 5.74) is 10.0. The Bertz CT molecular complexity index is 3340. The van der Waals surface area contributed by atoms with Crippen LogP contribution >= 0.6 is 40.2 Å². The van der Waals surface area contributed by atoms with E-state index in [1.54, 1.807) is 5.30 Å². The van der Waals surface area contributed by atoms with Crippen molar-refractivity contribution in [2.45, 2.75) is 62.4 Å². The number of hydrogen-bond acceptors (Lipinski definition) is 2. The molecule has 2 aliphatic heterocycles. The maximum Gasteiger partial charge on any atom is 0.0320 e. The van der Waals surface area contributed by atoms with Crippen molar-refractivity contribution in [3.63, 3.8) is 0 Å². The fourth-order valence-electron chi connectivity index (χ4n) is 12.3. The zero-order chi connectivity index (χ0) is 53.9. The van der Waals surface area contributed by atoms with E-state index in [2.05, 4.69) is 301 Å². The summed E-state index contributed by atoms with van der Waals surface area (Å²) in [6.45, 7) is 4.46. The van der Waals surface area contributed by atoms with E-state index in [9.17, 15) is 0 Å². The van der Waals surface area contributed by atoms with Crippen molar-refractivity contribution in [1.82, 2.24) is 8.88 Å². The Morgan fingerprint density at radius 3 is 1.21 bits per heavy atom. The van der Waals surface area contributed by atoms with Crippen LogP contribution < -0.4 is 37.1 Å². The molecule has 10 aromatic carbocycles. The fourth-order valence-corrected chi connectivity index (χ4v) is 29.0. The third-order valence-corrected chi connectivity index (χ3v) is 31.1. The Hall–Kier alpha value is -5.73. The van der Waals surface area contributed by atoms with Crippen molar-refractivity contribution >= 4 is 77.3 Å². The zero-order valence-corrected chi connectivity index (χ0v) is 50.3. The number of fused-ring (bicyclic) bond motifs is 1. The van der Waals surface area contributed by atoms with E-state index >= 15 is 0 Å². The summed E-state index contributed by atoms with van der Waals surface area (Å²) in [5, 5.41) is 10.2. The second-order valence-electron chi connectivity index (χ2n) is 21.0. The molecule has 2 heterocycles. The minimum atomic E-state index is -0.928. The van der Waals surface area contributed by atoms with Crippen molar-refractivity contribution in [1.29, 1.82) is 0 Å². The maximum atomic E-state index is 3.13. The molecular weight excluding hydrogens is 1060 g/mol. The Morgan fingerprint density at radius 2 is 0.762 bits per heavy atom. The highest BCUT2D eigenvalue weighted by Gasteiger charge is 2.45. The number of hydrogen-bond donors (Lipinski definition) is 0. The average molecular weight is 1130 g/mol. The molecule has 0 bridgehead atoms. The largest absolute Gasteiger partial charge is 0.251 e. The normalized spacial score (nSPS) is 17.6. The van der Waals surface area contributed by atoms with Gasteiger partial charge in [0, 0.05) is 54.3 Å². The molecule has 2 unspecified atom stereocenters. The molecule has 0 amide bonds. The molecule has 0 radical (unpaired) electrons. The molecule has 2 nitrogen and oxygen atoms in total. The lowest BCUT2D eigenvalue weighted by Crippen LogP contribution is -2.29. The smallest absolute Gasteiger partial charge is 0.0320 e. The van der Waals surface area contributed by atoms with Gasteiger partial charge in [0.05, 0.1) is 0 Å². The standard InChI is InChI=1S/C73H71N2P5/c1-2-3-54-74(77(64-40-22-9-23-41-64)65-42-24-10-25-43-65)80-72-47-28-46-68(69(72)57-73(80)61-34-16-6-17-35-61)58-48-50-67(51-49-58)78(66-44-26-11-27-45-66)75(55-29-56-76(62-36-18-7-19-37-62)63-38-20-8-21-39-63)79-70(59-30-12-4-13-31-59)52-53-71(79)60-32-14-5-15-33-60/h4-28,30-51,70-71,73H,2-3,29,52-57H2,1H3/t70-,71-,73-,78?,80?/m1/s1. The molecule has 0 aromatic heterocycles. The predicted octanol–water partition coefficient (Wildman–Crippen LogP) is 17.7. The van der Waals surface area contributed by atoms with Gasteiger partial charge >= 0.3 is 0 Å². The minimum Gasteiger partial charge on any atom is -0.251 e. The van der Waals surface area contributed by atoms with Crippen LogP contribution in [0.25, 0.3) is 11.1 Å². The molecule has 2 aliphatic rings. The van der Waals surface area contributed by atoms with Crippen molar-refractivity contribution in [3.8, 4) is 11.1 Å². The van der Waals surface area contributed by atoms with E-state index < -0.39 is 40.2 Å². The molecule has 1 fully saturated rings. The van der Waals surface area contributed by atoms with Crippen LogP contribution in [0.3, 0.4) is 0 Å². The Labute approximate surface area is 483 Å². The molecule has 80 heavy (non-hydrogen) atoms. The monoisotopic (exact) mass is 1130 g/mol. The second kappa shape index (κ2) is 26.9. The molecule has 0 saturated carbocycles. The van der Waals surface area contributed by atoms with Gasteiger partial charge in [-0.3, -0.25) is 4.44 Å². The highest BCUT2D eigenvalue weighted by molar-refractivity contribution is 7.82. The van der Waals surface area contributed by atoms with Crippen molar-refractivity contribution in [3.05, 3.63) is 307 Å². The van der Waals surface area contributed by atoms with Crippen LogP contribution in [-0.2, 0) is 6.42 Å². The molecule has 0 spiro atoms. The molecule has 10 aromatic rings. The molecule has 5 atom stereocenters. The first-order valence-electron chi connectivity index (χ1n) is 28.8. The third-order valence-electron chi connectivity index (χ3n) is 16.0. The summed E-state index contributed by atoms with van der Waals surface area (Å²) in [7, 11) is -3.70. The van der Waals surface area contributed by atoms with E-state index in [4.69, 9.17) is 0 Å². The maximum absolute atomic E-state index is 3.13. The van der Waals surface area contributed by atoms with Gasteiger partial charge in [0.25, 0.3) is 0 Å². The van der Waals surface area contributed by atoms with Crippen LogP contribution in [0.4, 0.5) is 0 Å². The lowest BCUT2D eigenvalue weighted by atomic mass is 9.95. The Kier molecular flexibility index (Phi) is 18.4. The van der Waals surface area contributed by atoms with Gasteiger partial charge in [0.2, 0.25) is 0 Å². The zero-order valence-electron chi connectivity index (χ0n) is 45.9. The summed E-state index contributed by atoms with van der Waals surface area (Å²) >= 11 is 0.